The number of halogens is 1. The molecule has 31 heavy (non-hydrogen) atoms. The number of aromatic nitrogens is 1. The number of anilines is 1. The Labute approximate surface area is 187 Å². The summed E-state index contributed by atoms with van der Waals surface area (Å²) in [5.74, 6) is -0.471. The van der Waals surface area contributed by atoms with Crippen molar-refractivity contribution in [1.29, 1.82) is 0 Å². The van der Waals surface area contributed by atoms with Gasteiger partial charge in [0.05, 0.1) is 34.6 Å². The highest BCUT2D eigenvalue weighted by Crippen LogP contribution is 2.30. The molecule has 0 aliphatic carbocycles. The van der Waals surface area contributed by atoms with Crippen LogP contribution in [0.4, 0.5) is 5.69 Å². The molecular formula is C23H20ClN3O3S. The number of benzene rings is 2. The Hall–Kier alpha value is -3.16. The van der Waals surface area contributed by atoms with E-state index in [-0.39, 0.29) is 12.2 Å². The van der Waals surface area contributed by atoms with E-state index in [1.807, 2.05) is 48.5 Å². The maximum atomic E-state index is 13.4. The molecule has 0 spiro atoms. The lowest BCUT2D eigenvalue weighted by Gasteiger charge is -2.24. The molecule has 1 N–H and O–H groups in total. The summed E-state index contributed by atoms with van der Waals surface area (Å²) in [5, 5.41) is 3.64. The smallest absolute Gasteiger partial charge is 0.338 e. The molecule has 1 aliphatic rings. The monoisotopic (exact) mass is 453 g/mol. The molecule has 1 atom stereocenters. The van der Waals surface area contributed by atoms with Gasteiger partial charge in [-0.2, -0.15) is 0 Å². The van der Waals surface area contributed by atoms with Crippen LogP contribution in [0.15, 0.2) is 75.7 Å². The van der Waals surface area contributed by atoms with Crippen molar-refractivity contribution in [3.63, 3.8) is 0 Å². The van der Waals surface area contributed by atoms with E-state index >= 15 is 0 Å². The van der Waals surface area contributed by atoms with E-state index in [0.717, 1.165) is 5.56 Å². The Bertz CT molecular complexity index is 1340. The number of carbonyl (C=O) groups is 1. The van der Waals surface area contributed by atoms with Crippen LogP contribution >= 0.6 is 22.9 Å². The zero-order chi connectivity index (χ0) is 22.0. The summed E-state index contributed by atoms with van der Waals surface area (Å²) in [6, 6.07) is 16.1. The molecule has 1 aromatic heterocycles. The van der Waals surface area contributed by atoms with Crippen molar-refractivity contribution in [1.82, 2.24) is 4.57 Å². The second-order valence-electron chi connectivity index (χ2n) is 6.84. The van der Waals surface area contributed by atoms with Gasteiger partial charge in [-0.05, 0) is 31.5 Å². The van der Waals surface area contributed by atoms with E-state index in [1.165, 1.54) is 11.3 Å². The van der Waals surface area contributed by atoms with Crippen molar-refractivity contribution >= 4 is 40.8 Å². The number of ether oxygens (including phenoxy) is 1. The largest absolute Gasteiger partial charge is 0.463 e. The van der Waals surface area contributed by atoms with E-state index in [1.54, 1.807) is 30.7 Å². The van der Waals surface area contributed by atoms with Gasteiger partial charge in [0.2, 0.25) is 0 Å². The number of esters is 1. The van der Waals surface area contributed by atoms with E-state index in [9.17, 15) is 9.59 Å². The van der Waals surface area contributed by atoms with Crippen LogP contribution in [-0.4, -0.2) is 17.1 Å². The van der Waals surface area contributed by atoms with Gasteiger partial charge in [0.15, 0.2) is 4.80 Å². The van der Waals surface area contributed by atoms with Crippen molar-refractivity contribution in [3.05, 3.63) is 96.1 Å². The minimum atomic E-state index is -0.612. The van der Waals surface area contributed by atoms with Crippen LogP contribution in [0.25, 0.3) is 6.20 Å². The van der Waals surface area contributed by atoms with Gasteiger partial charge in [-0.25, -0.2) is 9.79 Å². The zero-order valence-electron chi connectivity index (χ0n) is 17.0. The van der Waals surface area contributed by atoms with E-state index < -0.39 is 12.0 Å². The summed E-state index contributed by atoms with van der Waals surface area (Å²) in [6.07, 6.45) is 1.62. The summed E-state index contributed by atoms with van der Waals surface area (Å²) >= 11 is 7.45. The first kappa shape index (κ1) is 21.1. The van der Waals surface area contributed by atoms with Crippen molar-refractivity contribution < 1.29 is 9.53 Å². The first-order valence-corrected chi connectivity index (χ1v) is 10.9. The fraction of sp³-hybridized carbons (Fsp3) is 0.174. The van der Waals surface area contributed by atoms with Crippen molar-refractivity contribution in [3.8, 4) is 0 Å². The maximum Gasteiger partial charge on any atom is 0.338 e. The molecule has 2 aromatic carbocycles. The van der Waals surface area contributed by atoms with E-state index in [4.69, 9.17) is 16.3 Å². The minimum Gasteiger partial charge on any atom is -0.463 e. The fourth-order valence-electron chi connectivity index (χ4n) is 3.46. The number of rotatable bonds is 5. The van der Waals surface area contributed by atoms with Gasteiger partial charge in [0, 0.05) is 6.20 Å². The lowest BCUT2D eigenvalue weighted by molar-refractivity contribution is -0.139. The third kappa shape index (κ3) is 4.06. The molecule has 0 amide bonds. The van der Waals surface area contributed by atoms with Gasteiger partial charge in [-0.3, -0.25) is 9.36 Å². The Kier molecular flexibility index (Phi) is 6.06. The number of nitrogens with zero attached hydrogens (tertiary/aromatic N) is 2. The number of carbonyl (C=O) groups excluding carboxylic acids is 1. The molecule has 0 radical (unpaired) electrons. The second kappa shape index (κ2) is 8.91. The van der Waals surface area contributed by atoms with Crippen LogP contribution in [0, 0.1) is 0 Å². The van der Waals surface area contributed by atoms with Gasteiger partial charge in [-0.15, -0.1) is 0 Å². The first-order chi connectivity index (χ1) is 15.0. The van der Waals surface area contributed by atoms with Crippen molar-refractivity contribution in [2.75, 3.05) is 11.9 Å². The number of allylic oxidation sites excluding steroid dienone is 1. The summed E-state index contributed by atoms with van der Waals surface area (Å²) < 4.78 is 7.29. The number of para-hydroxylation sites is 1. The minimum absolute atomic E-state index is 0.239. The van der Waals surface area contributed by atoms with Crippen molar-refractivity contribution in [2.24, 2.45) is 4.99 Å². The van der Waals surface area contributed by atoms with Crippen LogP contribution < -0.4 is 20.2 Å². The topological polar surface area (TPSA) is 72.7 Å². The summed E-state index contributed by atoms with van der Waals surface area (Å²) in [4.78, 5) is 31.2. The van der Waals surface area contributed by atoms with Gasteiger partial charge in [0.1, 0.15) is 4.53 Å². The lowest BCUT2D eigenvalue weighted by atomic mass is 9.96. The predicted molar refractivity (Wildman–Crippen MR) is 123 cm³/mol. The fourth-order valence-corrected chi connectivity index (χ4v) is 4.62. The second-order valence-corrected chi connectivity index (χ2v) is 8.25. The normalized spacial score (nSPS) is 16.0. The Morgan fingerprint density at radius 1 is 1.23 bits per heavy atom. The molecule has 3 aromatic rings. The van der Waals surface area contributed by atoms with Crippen LogP contribution in [0.1, 0.15) is 25.5 Å². The SMILES string of the molecule is CCOC(=O)C1=C(C)N=c2s/c(=C\Nc3ccccc3Cl)c(=O)n2[C@H]1c1ccccc1. The molecule has 2 heterocycles. The number of hydrogen-bond acceptors (Lipinski definition) is 6. The molecular weight excluding hydrogens is 434 g/mol. The number of hydrogen-bond donors (Lipinski definition) is 1. The molecule has 0 fully saturated rings. The molecule has 0 unspecified atom stereocenters. The maximum absolute atomic E-state index is 13.4. The molecule has 0 bridgehead atoms. The number of fused-ring (bicyclic) bond motifs is 1. The van der Waals surface area contributed by atoms with Gasteiger partial charge < -0.3 is 10.1 Å². The predicted octanol–water partition coefficient (Wildman–Crippen LogP) is 3.47. The molecule has 0 saturated heterocycles. The van der Waals surface area contributed by atoms with E-state index in [0.29, 0.717) is 31.3 Å². The van der Waals surface area contributed by atoms with Crippen LogP contribution in [0.2, 0.25) is 5.02 Å². The highest BCUT2D eigenvalue weighted by atomic mass is 35.5. The summed E-state index contributed by atoms with van der Waals surface area (Å²) in [5.41, 5.74) is 2.17. The van der Waals surface area contributed by atoms with Crippen LogP contribution in [0.5, 0.6) is 0 Å². The molecule has 158 valence electrons. The lowest BCUT2D eigenvalue weighted by Crippen LogP contribution is -2.40. The molecule has 4 rings (SSSR count). The van der Waals surface area contributed by atoms with Gasteiger partial charge in [0.25, 0.3) is 5.56 Å². The number of thiazole rings is 1. The standard InChI is InChI=1S/C23H20ClN3O3S/c1-3-30-22(29)19-14(2)26-23-27(20(19)15-9-5-4-6-10-15)21(28)18(31-23)13-25-17-12-8-7-11-16(17)24/h4-13,20,25H,3H2,1-2H3/b18-13-/t20-/m0/s1. The Balaban J connectivity index is 1.87. The van der Waals surface area contributed by atoms with Crippen LogP contribution in [-0.2, 0) is 9.53 Å². The number of nitrogens with one attached hydrogen (secondary N) is 1. The third-order valence-electron chi connectivity index (χ3n) is 4.86. The Morgan fingerprint density at radius 2 is 1.94 bits per heavy atom. The zero-order valence-corrected chi connectivity index (χ0v) is 18.5. The van der Waals surface area contributed by atoms with Crippen LogP contribution in [0.3, 0.4) is 0 Å². The highest BCUT2D eigenvalue weighted by Gasteiger charge is 2.33. The van der Waals surface area contributed by atoms with Gasteiger partial charge in [-0.1, -0.05) is 65.4 Å². The summed E-state index contributed by atoms with van der Waals surface area (Å²) in [6.45, 7) is 3.76. The Morgan fingerprint density at radius 3 is 2.65 bits per heavy atom. The highest BCUT2D eigenvalue weighted by molar-refractivity contribution is 7.07. The third-order valence-corrected chi connectivity index (χ3v) is 6.18. The van der Waals surface area contributed by atoms with Crippen molar-refractivity contribution in [2.45, 2.75) is 19.9 Å². The molecule has 8 heteroatoms. The quantitative estimate of drug-likeness (QED) is 0.600. The van der Waals surface area contributed by atoms with E-state index in [2.05, 4.69) is 10.3 Å². The first-order valence-electron chi connectivity index (χ1n) is 9.75. The molecule has 1 aliphatic heterocycles. The average molecular weight is 454 g/mol. The average Bonchev–Trinajstić information content (AvgIpc) is 3.08. The molecule has 6 nitrogen and oxygen atoms in total. The summed E-state index contributed by atoms with van der Waals surface area (Å²) in [7, 11) is 0. The van der Waals surface area contributed by atoms with Gasteiger partial charge >= 0.3 is 5.97 Å². The molecule has 0 saturated carbocycles.